The third kappa shape index (κ3) is 4.43. The summed E-state index contributed by atoms with van der Waals surface area (Å²) in [4.78, 5) is 2.66. The van der Waals surface area contributed by atoms with E-state index in [0.717, 1.165) is 12.6 Å². The molecule has 2 heteroatoms. The van der Waals surface area contributed by atoms with Crippen molar-refractivity contribution in [2.75, 3.05) is 19.6 Å². The van der Waals surface area contributed by atoms with Crippen LogP contribution < -0.4 is 5.73 Å². The van der Waals surface area contributed by atoms with Gasteiger partial charge in [0.2, 0.25) is 0 Å². The van der Waals surface area contributed by atoms with Crippen molar-refractivity contribution < 1.29 is 0 Å². The zero-order valence-corrected chi connectivity index (χ0v) is 9.67. The molecular formula is C12H26N2. The summed E-state index contributed by atoms with van der Waals surface area (Å²) in [7, 11) is 0. The summed E-state index contributed by atoms with van der Waals surface area (Å²) in [6, 6.07) is 0.747. The maximum atomic E-state index is 5.54. The predicted octanol–water partition coefficient (Wildman–Crippen LogP) is 2.38. The zero-order valence-electron chi connectivity index (χ0n) is 9.67. The Hall–Kier alpha value is -0.0800. The molecule has 0 aliphatic carbocycles. The number of nitrogens with zero attached hydrogens (tertiary/aromatic N) is 1. The van der Waals surface area contributed by atoms with E-state index in [1.165, 1.54) is 58.0 Å². The third-order valence-corrected chi connectivity index (χ3v) is 3.34. The van der Waals surface area contributed by atoms with Crippen LogP contribution in [0.3, 0.4) is 0 Å². The molecule has 0 saturated carbocycles. The van der Waals surface area contributed by atoms with Crippen LogP contribution in [-0.4, -0.2) is 30.6 Å². The second-order valence-electron chi connectivity index (χ2n) is 4.58. The van der Waals surface area contributed by atoms with Gasteiger partial charge in [-0.2, -0.15) is 0 Å². The molecule has 1 saturated heterocycles. The number of rotatable bonds is 4. The highest BCUT2D eigenvalue weighted by Crippen LogP contribution is 2.14. The molecule has 1 aliphatic heterocycles. The van der Waals surface area contributed by atoms with Crippen molar-refractivity contribution >= 4 is 0 Å². The topological polar surface area (TPSA) is 29.3 Å². The molecule has 1 unspecified atom stereocenters. The van der Waals surface area contributed by atoms with Gasteiger partial charge in [-0.15, -0.1) is 0 Å². The third-order valence-electron chi connectivity index (χ3n) is 3.34. The molecule has 1 aliphatic rings. The first-order chi connectivity index (χ1) is 6.84. The SMILES string of the molecule is CC(CCCN)N1CCCCCCC1. The first kappa shape index (κ1) is 12.0. The van der Waals surface area contributed by atoms with Gasteiger partial charge in [0.05, 0.1) is 0 Å². The molecule has 0 aromatic carbocycles. The summed E-state index contributed by atoms with van der Waals surface area (Å²) in [6.07, 6.45) is 9.55. The molecule has 1 atom stereocenters. The van der Waals surface area contributed by atoms with Crippen LogP contribution in [0.4, 0.5) is 0 Å². The molecule has 1 fully saturated rings. The van der Waals surface area contributed by atoms with Crippen LogP contribution >= 0.6 is 0 Å². The van der Waals surface area contributed by atoms with Gasteiger partial charge in [-0.1, -0.05) is 19.3 Å². The van der Waals surface area contributed by atoms with Crippen LogP contribution in [0.2, 0.25) is 0 Å². The zero-order chi connectivity index (χ0) is 10.2. The van der Waals surface area contributed by atoms with E-state index in [2.05, 4.69) is 11.8 Å². The normalized spacial score (nSPS) is 22.7. The molecule has 0 radical (unpaired) electrons. The lowest BCUT2D eigenvalue weighted by molar-refractivity contribution is 0.181. The summed E-state index contributed by atoms with van der Waals surface area (Å²) in [5.41, 5.74) is 5.54. The summed E-state index contributed by atoms with van der Waals surface area (Å²) in [5.74, 6) is 0. The first-order valence-corrected chi connectivity index (χ1v) is 6.28. The second kappa shape index (κ2) is 7.24. The Morgan fingerprint density at radius 1 is 1.07 bits per heavy atom. The van der Waals surface area contributed by atoms with Crippen molar-refractivity contribution in [3.8, 4) is 0 Å². The standard InChI is InChI=1S/C12H26N2/c1-12(8-7-9-13)14-10-5-3-2-4-6-11-14/h12H,2-11,13H2,1H3. The van der Waals surface area contributed by atoms with E-state index in [9.17, 15) is 0 Å². The Kier molecular flexibility index (Phi) is 6.20. The van der Waals surface area contributed by atoms with Crippen molar-refractivity contribution in [1.82, 2.24) is 4.90 Å². The van der Waals surface area contributed by atoms with Crippen LogP contribution in [0.15, 0.2) is 0 Å². The molecule has 1 rings (SSSR count). The number of hydrogen-bond donors (Lipinski definition) is 1. The van der Waals surface area contributed by atoms with Crippen LogP contribution in [0, 0.1) is 0 Å². The smallest absolute Gasteiger partial charge is 0.00673 e. The van der Waals surface area contributed by atoms with Crippen LogP contribution in [0.1, 0.15) is 51.9 Å². The minimum Gasteiger partial charge on any atom is -0.330 e. The van der Waals surface area contributed by atoms with Crippen LogP contribution in [0.5, 0.6) is 0 Å². The van der Waals surface area contributed by atoms with E-state index < -0.39 is 0 Å². The quantitative estimate of drug-likeness (QED) is 0.751. The fourth-order valence-electron chi connectivity index (χ4n) is 2.31. The monoisotopic (exact) mass is 198 g/mol. The van der Waals surface area contributed by atoms with Gasteiger partial charge in [-0.3, -0.25) is 0 Å². The fraction of sp³-hybridized carbons (Fsp3) is 1.00. The molecule has 84 valence electrons. The van der Waals surface area contributed by atoms with Gasteiger partial charge in [0.25, 0.3) is 0 Å². The summed E-state index contributed by atoms with van der Waals surface area (Å²) in [5, 5.41) is 0. The van der Waals surface area contributed by atoms with Crippen molar-refractivity contribution in [3.63, 3.8) is 0 Å². The largest absolute Gasteiger partial charge is 0.330 e. The Balaban J connectivity index is 2.23. The van der Waals surface area contributed by atoms with E-state index in [4.69, 9.17) is 5.73 Å². The Morgan fingerprint density at radius 2 is 1.64 bits per heavy atom. The molecule has 2 N–H and O–H groups in total. The van der Waals surface area contributed by atoms with Gasteiger partial charge >= 0.3 is 0 Å². The molecule has 0 aromatic heterocycles. The lowest BCUT2D eigenvalue weighted by atomic mass is 10.1. The maximum Gasteiger partial charge on any atom is 0.00673 e. The Labute approximate surface area is 88.8 Å². The predicted molar refractivity (Wildman–Crippen MR) is 62.4 cm³/mol. The van der Waals surface area contributed by atoms with Gasteiger partial charge < -0.3 is 10.6 Å². The average molecular weight is 198 g/mol. The fourth-order valence-corrected chi connectivity index (χ4v) is 2.31. The van der Waals surface area contributed by atoms with Gasteiger partial charge in [0.15, 0.2) is 0 Å². The molecule has 0 bridgehead atoms. The van der Waals surface area contributed by atoms with Crippen molar-refractivity contribution in [3.05, 3.63) is 0 Å². The number of nitrogens with two attached hydrogens (primary N) is 1. The molecule has 14 heavy (non-hydrogen) atoms. The van der Waals surface area contributed by atoms with Crippen molar-refractivity contribution in [2.24, 2.45) is 5.73 Å². The minimum absolute atomic E-state index is 0.747. The van der Waals surface area contributed by atoms with Gasteiger partial charge in [0.1, 0.15) is 0 Å². The highest BCUT2D eigenvalue weighted by molar-refractivity contribution is 4.69. The lowest BCUT2D eigenvalue weighted by Crippen LogP contribution is -2.35. The van der Waals surface area contributed by atoms with Gasteiger partial charge in [0, 0.05) is 6.04 Å². The second-order valence-corrected chi connectivity index (χ2v) is 4.58. The van der Waals surface area contributed by atoms with E-state index in [1.54, 1.807) is 0 Å². The summed E-state index contributed by atoms with van der Waals surface area (Å²) < 4.78 is 0. The molecular weight excluding hydrogens is 172 g/mol. The summed E-state index contributed by atoms with van der Waals surface area (Å²) >= 11 is 0. The van der Waals surface area contributed by atoms with Gasteiger partial charge in [-0.05, 0) is 52.2 Å². The highest BCUT2D eigenvalue weighted by Gasteiger charge is 2.13. The minimum atomic E-state index is 0.747. The number of hydrogen-bond acceptors (Lipinski definition) is 2. The van der Waals surface area contributed by atoms with E-state index >= 15 is 0 Å². The van der Waals surface area contributed by atoms with Crippen molar-refractivity contribution in [2.45, 2.75) is 57.9 Å². The van der Waals surface area contributed by atoms with E-state index in [0.29, 0.717) is 0 Å². The molecule has 0 amide bonds. The van der Waals surface area contributed by atoms with Crippen LogP contribution in [-0.2, 0) is 0 Å². The summed E-state index contributed by atoms with van der Waals surface area (Å²) in [6.45, 7) is 5.83. The molecule has 0 aromatic rings. The van der Waals surface area contributed by atoms with Crippen molar-refractivity contribution in [1.29, 1.82) is 0 Å². The maximum absolute atomic E-state index is 5.54. The lowest BCUT2D eigenvalue weighted by Gasteiger charge is -2.30. The highest BCUT2D eigenvalue weighted by atomic mass is 15.1. The molecule has 1 heterocycles. The Bertz CT molecular complexity index is 128. The molecule has 2 nitrogen and oxygen atoms in total. The van der Waals surface area contributed by atoms with E-state index in [-0.39, 0.29) is 0 Å². The van der Waals surface area contributed by atoms with Gasteiger partial charge in [-0.25, -0.2) is 0 Å². The molecule has 0 spiro atoms. The van der Waals surface area contributed by atoms with Crippen LogP contribution in [0.25, 0.3) is 0 Å². The average Bonchev–Trinajstić information content (AvgIpc) is 2.13. The van der Waals surface area contributed by atoms with E-state index in [1.807, 2.05) is 0 Å². The number of likely N-dealkylation sites (tertiary alicyclic amines) is 1. The Morgan fingerprint density at radius 3 is 2.21 bits per heavy atom. The first-order valence-electron chi connectivity index (χ1n) is 6.28.